The van der Waals surface area contributed by atoms with Crippen LogP contribution in [0.15, 0.2) is 0 Å². The van der Waals surface area contributed by atoms with E-state index in [9.17, 15) is 4.79 Å². The zero-order valence-corrected chi connectivity index (χ0v) is 9.52. The molecular weight excluding hydrogens is 164 g/mol. The van der Waals surface area contributed by atoms with Crippen molar-refractivity contribution >= 4 is 5.78 Å². The predicted molar refractivity (Wildman–Crippen MR) is 54.8 cm³/mol. The Morgan fingerprint density at radius 2 is 1.69 bits per heavy atom. The molecule has 0 spiro atoms. The van der Waals surface area contributed by atoms with Crippen molar-refractivity contribution in [2.75, 3.05) is 6.61 Å². The van der Waals surface area contributed by atoms with Crippen molar-refractivity contribution < 1.29 is 9.53 Å². The largest absolute Gasteiger partial charge is 0.368 e. The Labute approximate surface area is 81.7 Å². The maximum atomic E-state index is 11.5. The molecule has 0 fully saturated rings. The highest BCUT2D eigenvalue weighted by Gasteiger charge is 2.17. The summed E-state index contributed by atoms with van der Waals surface area (Å²) in [5.41, 5.74) is -0.207. The number of carbonyl (C=O) groups is 1. The molecule has 0 unspecified atom stereocenters. The lowest BCUT2D eigenvalue weighted by molar-refractivity contribution is -0.132. The number of hydrogen-bond donors (Lipinski definition) is 0. The molecule has 2 heteroatoms. The molecule has 0 heterocycles. The Morgan fingerprint density at radius 1 is 1.23 bits per heavy atom. The van der Waals surface area contributed by atoms with Crippen LogP contribution >= 0.6 is 0 Å². The number of Topliss-reactive ketones (excluding diaryl/α,β-unsaturated/α-hetero) is 1. The van der Waals surface area contributed by atoms with Gasteiger partial charge < -0.3 is 4.74 Å². The van der Waals surface area contributed by atoms with Gasteiger partial charge >= 0.3 is 0 Å². The molecular formula is C11H22O2. The Morgan fingerprint density at radius 3 is 2.00 bits per heavy atom. The van der Waals surface area contributed by atoms with Crippen molar-refractivity contribution in [1.29, 1.82) is 0 Å². The van der Waals surface area contributed by atoms with Crippen LogP contribution in [0.1, 0.15) is 47.5 Å². The summed E-state index contributed by atoms with van der Waals surface area (Å²) >= 11 is 0. The van der Waals surface area contributed by atoms with Crippen LogP contribution in [0.4, 0.5) is 0 Å². The minimum Gasteiger partial charge on any atom is -0.368 e. The van der Waals surface area contributed by atoms with E-state index in [-0.39, 0.29) is 23.9 Å². The third-order valence-corrected chi connectivity index (χ3v) is 2.09. The van der Waals surface area contributed by atoms with E-state index < -0.39 is 0 Å². The van der Waals surface area contributed by atoms with Crippen molar-refractivity contribution in [2.45, 2.75) is 53.1 Å². The van der Waals surface area contributed by atoms with Crippen molar-refractivity contribution in [3.05, 3.63) is 0 Å². The fourth-order valence-corrected chi connectivity index (χ4v) is 1.15. The molecule has 0 rings (SSSR count). The van der Waals surface area contributed by atoms with E-state index in [0.29, 0.717) is 0 Å². The second-order valence-corrected chi connectivity index (χ2v) is 4.38. The first kappa shape index (κ1) is 12.6. The fraction of sp³-hybridized carbons (Fsp3) is 0.909. The van der Waals surface area contributed by atoms with E-state index >= 15 is 0 Å². The fourth-order valence-electron chi connectivity index (χ4n) is 1.15. The molecule has 0 atom stereocenters. The molecule has 0 saturated carbocycles. The summed E-state index contributed by atoms with van der Waals surface area (Å²) in [6, 6.07) is 0. The zero-order chi connectivity index (χ0) is 10.5. The minimum atomic E-state index is -0.207. The van der Waals surface area contributed by atoms with E-state index in [4.69, 9.17) is 4.74 Å². The Kier molecular flexibility index (Phi) is 5.23. The molecule has 0 aromatic rings. The van der Waals surface area contributed by atoms with Gasteiger partial charge in [0.05, 0.1) is 5.60 Å². The van der Waals surface area contributed by atoms with Crippen LogP contribution in [0, 0.1) is 5.92 Å². The molecule has 0 radical (unpaired) electrons. The lowest BCUT2D eigenvalue weighted by Gasteiger charge is -2.20. The normalized spacial score (nSPS) is 12.2. The molecule has 0 N–H and O–H groups in total. The van der Waals surface area contributed by atoms with Crippen LogP contribution in [0.25, 0.3) is 0 Å². The predicted octanol–water partition coefficient (Wildman–Crippen LogP) is 2.81. The number of hydrogen-bond acceptors (Lipinski definition) is 2. The van der Waals surface area contributed by atoms with Gasteiger partial charge in [0, 0.05) is 5.92 Å². The van der Waals surface area contributed by atoms with Gasteiger partial charge in [0.1, 0.15) is 6.61 Å². The van der Waals surface area contributed by atoms with E-state index in [1.54, 1.807) is 0 Å². The molecule has 0 aromatic heterocycles. The van der Waals surface area contributed by atoms with Gasteiger partial charge in [0.15, 0.2) is 5.78 Å². The van der Waals surface area contributed by atoms with E-state index in [2.05, 4.69) is 0 Å². The van der Waals surface area contributed by atoms with Gasteiger partial charge in [-0.3, -0.25) is 4.79 Å². The summed E-state index contributed by atoms with van der Waals surface area (Å²) in [5, 5.41) is 0. The summed E-state index contributed by atoms with van der Waals surface area (Å²) in [6.45, 7) is 10.2. The number of rotatable bonds is 5. The molecule has 2 nitrogen and oxygen atoms in total. The van der Waals surface area contributed by atoms with Gasteiger partial charge in [-0.25, -0.2) is 0 Å². The van der Waals surface area contributed by atoms with E-state index in [1.165, 1.54) is 0 Å². The summed E-state index contributed by atoms with van der Waals surface area (Å²) in [7, 11) is 0. The zero-order valence-electron chi connectivity index (χ0n) is 9.52. The van der Waals surface area contributed by atoms with Gasteiger partial charge in [-0.2, -0.15) is 0 Å². The standard InChI is InChI=1S/C11H22O2/c1-6-9(7-2)10(12)8-13-11(3,4)5/h9H,6-8H2,1-5H3. The maximum Gasteiger partial charge on any atom is 0.161 e. The lowest BCUT2D eigenvalue weighted by atomic mass is 9.99. The molecule has 0 aliphatic carbocycles. The molecule has 0 amide bonds. The average Bonchev–Trinajstić information content (AvgIpc) is 2.02. The van der Waals surface area contributed by atoms with Gasteiger partial charge in [-0.1, -0.05) is 13.8 Å². The number of ketones is 1. The highest BCUT2D eigenvalue weighted by molar-refractivity contribution is 5.82. The Bertz CT molecular complexity index is 152. The van der Waals surface area contributed by atoms with Gasteiger partial charge in [0.2, 0.25) is 0 Å². The minimum absolute atomic E-state index is 0.183. The van der Waals surface area contributed by atoms with Crippen LogP contribution in [0.2, 0.25) is 0 Å². The van der Waals surface area contributed by atoms with Gasteiger partial charge in [-0.05, 0) is 33.6 Å². The number of carbonyl (C=O) groups excluding carboxylic acids is 1. The van der Waals surface area contributed by atoms with Crippen LogP contribution in [0.5, 0.6) is 0 Å². The number of ether oxygens (including phenoxy) is 1. The third-order valence-electron chi connectivity index (χ3n) is 2.09. The Hall–Kier alpha value is -0.370. The highest BCUT2D eigenvalue weighted by atomic mass is 16.5. The van der Waals surface area contributed by atoms with Crippen molar-refractivity contribution in [3.8, 4) is 0 Å². The van der Waals surface area contributed by atoms with E-state index in [1.807, 2.05) is 34.6 Å². The summed E-state index contributed by atoms with van der Waals surface area (Å²) in [4.78, 5) is 11.5. The molecule has 0 bridgehead atoms. The van der Waals surface area contributed by atoms with Crippen LogP contribution < -0.4 is 0 Å². The van der Waals surface area contributed by atoms with Crippen molar-refractivity contribution in [2.24, 2.45) is 5.92 Å². The first-order chi connectivity index (χ1) is 5.90. The monoisotopic (exact) mass is 186 g/mol. The quantitative estimate of drug-likeness (QED) is 0.660. The molecule has 78 valence electrons. The van der Waals surface area contributed by atoms with Gasteiger partial charge in [-0.15, -0.1) is 0 Å². The van der Waals surface area contributed by atoms with E-state index in [0.717, 1.165) is 12.8 Å². The van der Waals surface area contributed by atoms with Crippen molar-refractivity contribution in [1.82, 2.24) is 0 Å². The topological polar surface area (TPSA) is 26.3 Å². The van der Waals surface area contributed by atoms with Crippen LogP contribution in [0.3, 0.4) is 0 Å². The molecule has 0 aromatic carbocycles. The average molecular weight is 186 g/mol. The SMILES string of the molecule is CCC(CC)C(=O)COC(C)(C)C. The Balaban J connectivity index is 3.86. The molecule has 13 heavy (non-hydrogen) atoms. The second-order valence-electron chi connectivity index (χ2n) is 4.38. The first-order valence-corrected chi connectivity index (χ1v) is 5.07. The maximum absolute atomic E-state index is 11.5. The molecule has 0 aliphatic rings. The summed E-state index contributed by atoms with van der Waals surface area (Å²) in [6.07, 6.45) is 1.84. The lowest BCUT2D eigenvalue weighted by Crippen LogP contribution is -2.27. The second kappa shape index (κ2) is 5.38. The van der Waals surface area contributed by atoms with Crippen LogP contribution in [-0.4, -0.2) is 18.0 Å². The third kappa shape index (κ3) is 5.81. The summed E-state index contributed by atoms with van der Waals surface area (Å²) in [5.74, 6) is 0.419. The molecule has 0 saturated heterocycles. The van der Waals surface area contributed by atoms with Crippen LogP contribution in [-0.2, 0) is 9.53 Å². The smallest absolute Gasteiger partial charge is 0.161 e. The first-order valence-electron chi connectivity index (χ1n) is 5.07. The van der Waals surface area contributed by atoms with Crippen molar-refractivity contribution in [3.63, 3.8) is 0 Å². The highest BCUT2D eigenvalue weighted by Crippen LogP contribution is 2.12. The van der Waals surface area contributed by atoms with Gasteiger partial charge in [0.25, 0.3) is 0 Å². The summed E-state index contributed by atoms with van der Waals surface area (Å²) < 4.78 is 5.43. The molecule has 0 aliphatic heterocycles.